The maximum absolute atomic E-state index is 13.0. The van der Waals surface area contributed by atoms with E-state index in [1.54, 1.807) is 37.3 Å². The van der Waals surface area contributed by atoms with E-state index in [9.17, 15) is 24.3 Å². The lowest BCUT2D eigenvalue weighted by atomic mass is 9.96. The summed E-state index contributed by atoms with van der Waals surface area (Å²) in [5, 5.41) is 25.7. The molecule has 0 saturated heterocycles. The van der Waals surface area contributed by atoms with Crippen molar-refractivity contribution in [1.29, 1.82) is 0 Å². The molecule has 0 saturated carbocycles. The number of aliphatic hydroxyl groups is 1. The SMILES string of the molecule is CCC(C)C(NC(=O)C(C)N)C(=O)NC(Cc1ccccc1)C(=O)NC(CO)C(=O)O. The third kappa shape index (κ3) is 8.35. The van der Waals surface area contributed by atoms with Gasteiger partial charge in [0, 0.05) is 6.42 Å². The van der Waals surface area contributed by atoms with Gasteiger partial charge >= 0.3 is 5.97 Å². The van der Waals surface area contributed by atoms with E-state index in [0.717, 1.165) is 5.56 Å². The minimum atomic E-state index is -1.51. The van der Waals surface area contributed by atoms with Crippen LogP contribution in [-0.4, -0.2) is 64.7 Å². The van der Waals surface area contributed by atoms with Gasteiger partial charge in [-0.1, -0.05) is 50.6 Å². The van der Waals surface area contributed by atoms with Crippen LogP contribution in [0, 0.1) is 5.92 Å². The number of carbonyl (C=O) groups is 4. The second-order valence-corrected chi connectivity index (χ2v) is 7.49. The molecule has 0 spiro atoms. The normalized spacial score (nSPS) is 15.6. The number of carbonyl (C=O) groups excluding carboxylic acids is 3. The Bertz CT molecular complexity index is 755. The number of hydrogen-bond acceptors (Lipinski definition) is 6. The molecule has 0 radical (unpaired) electrons. The third-order valence-electron chi connectivity index (χ3n) is 4.92. The Labute approximate surface area is 181 Å². The molecule has 172 valence electrons. The molecule has 3 amide bonds. The number of carboxylic acids is 1. The van der Waals surface area contributed by atoms with Crippen LogP contribution in [0.3, 0.4) is 0 Å². The summed E-state index contributed by atoms with van der Waals surface area (Å²) in [5.41, 5.74) is 6.32. The molecule has 10 nitrogen and oxygen atoms in total. The molecule has 0 aliphatic heterocycles. The van der Waals surface area contributed by atoms with Gasteiger partial charge < -0.3 is 31.9 Å². The van der Waals surface area contributed by atoms with Crippen LogP contribution in [0.2, 0.25) is 0 Å². The maximum atomic E-state index is 13.0. The second-order valence-electron chi connectivity index (χ2n) is 7.49. The Morgan fingerprint density at radius 2 is 1.52 bits per heavy atom. The maximum Gasteiger partial charge on any atom is 0.328 e. The molecule has 1 rings (SSSR count). The summed E-state index contributed by atoms with van der Waals surface area (Å²) in [6, 6.07) is 4.48. The van der Waals surface area contributed by atoms with Crippen molar-refractivity contribution in [3.8, 4) is 0 Å². The Balaban J connectivity index is 3.09. The Kier molecular flexibility index (Phi) is 10.6. The number of hydrogen-bond donors (Lipinski definition) is 6. The fourth-order valence-corrected chi connectivity index (χ4v) is 2.76. The van der Waals surface area contributed by atoms with Crippen LogP contribution < -0.4 is 21.7 Å². The molecule has 10 heteroatoms. The predicted molar refractivity (Wildman–Crippen MR) is 114 cm³/mol. The van der Waals surface area contributed by atoms with Gasteiger partial charge in [-0.2, -0.15) is 0 Å². The summed E-state index contributed by atoms with van der Waals surface area (Å²) in [6.45, 7) is 4.33. The number of amides is 3. The van der Waals surface area contributed by atoms with E-state index < -0.39 is 54.5 Å². The summed E-state index contributed by atoms with van der Waals surface area (Å²) in [7, 11) is 0. The number of rotatable bonds is 12. The minimum absolute atomic E-state index is 0.0879. The van der Waals surface area contributed by atoms with Crippen LogP contribution >= 0.6 is 0 Å². The number of benzene rings is 1. The molecule has 5 atom stereocenters. The fraction of sp³-hybridized carbons (Fsp3) is 0.524. The third-order valence-corrected chi connectivity index (χ3v) is 4.92. The topological polar surface area (TPSA) is 171 Å². The van der Waals surface area contributed by atoms with Gasteiger partial charge in [-0.05, 0) is 18.4 Å². The number of aliphatic hydroxyl groups excluding tert-OH is 1. The van der Waals surface area contributed by atoms with Crippen molar-refractivity contribution in [2.24, 2.45) is 11.7 Å². The molecular formula is C21H32N4O6. The minimum Gasteiger partial charge on any atom is -0.480 e. The van der Waals surface area contributed by atoms with E-state index in [2.05, 4.69) is 16.0 Å². The van der Waals surface area contributed by atoms with Crippen molar-refractivity contribution < 1.29 is 29.4 Å². The summed E-state index contributed by atoms with van der Waals surface area (Å²) in [4.78, 5) is 49.0. The quantitative estimate of drug-likeness (QED) is 0.248. The molecule has 0 aliphatic carbocycles. The van der Waals surface area contributed by atoms with Gasteiger partial charge in [0.25, 0.3) is 0 Å². The first-order chi connectivity index (χ1) is 14.6. The largest absolute Gasteiger partial charge is 0.480 e. The van der Waals surface area contributed by atoms with Crippen molar-refractivity contribution >= 4 is 23.7 Å². The van der Waals surface area contributed by atoms with Gasteiger partial charge in [-0.15, -0.1) is 0 Å². The highest BCUT2D eigenvalue weighted by Crippen LogP contribution is 2.10. The van der Waals surface area contributed by atoms with Crippen LogP contribution in [0.4, 0.5) is 0 Å². The van der Waals surface area contributed by atoms with Gasteiger partial charge in [0.2, 0.25) is 17.7 Å². The van der Waals surface area contributed by atoms with Gasteiger partial charge in [0.05, 0.1) is 12.6 Å². The number of carboxylic acid groups (broad SMARTS) is 1. The number of nitrogens with one attached hydrogen (secondary N) is 3. The van der Waals surface area contributed by atoms with Crippen molar-refractivity contribution in [3.05, 3.63) is 35.9 Å². The van der Waals surface area contributed by atoms with E-state index in [0.29, 0.717) is 6.42 Å². The van der Waals surface area contributed by atoms with Crippen LogP contribution in [0.1, 0.15) is 32.8 Å². The Morgan fingerprint density at radius 1 is 0.935 bits per heavy atom. The summed E-state index contributed by atoms with van der Waals surface area (Å²) >= 11 is 0. The summed E-state index contributed by atoms with van der Waals surface area (Å²) in [6.07, 6.45) is 0.670. The zero-order chi connectivity index (χ0) is 23.6. The molecule has 0 heterocycles. The van der Waals surface area contributed by atoms with E-state index in [1.807, 2.05) is 6.92 Å². The fourth-order valence-electron chi connectivity index (χ4n) is 2.76. The molecule has 1 aromatic rings. The van der Waals surface area contributed by atoms with E-state index in [4.69, 9.17) is 10.8 Å². The van der Waals surface area contributed by atoms with E-state index >= 15 is 0 Å². The highest BCUT2D eigenvalue weighted by Gasteiger charge is 2.32. The van der Waals surface area contributed by atoms with E-state index in [-0.39, 0.29) is 12.3 Å². The molecule has 5 unspecified atom stereocenters. The first-order valence-corrected chi connectivity index (χ1v) is 10.1. The molecular weight excluding hydrogens is 404 g/mol. The van der Waals surface area contributed by atoms with Crippen molar-refractivity contribution in [2.75, 3.05) is 6.61 Å². The first-order valence-electron chi connectivity index (χ1n) is 10.1. The second kappa shape index (κ2) is 12.7. The van der Waals surface area contributed by atoms with Gasteiger partial charge in [0.15, 0.2) is 0 Å². The first kappa shape index (κ1) is 26.1. The van der Waals surface area contributed by atoms with Crippen LogP contribution in [0.5, 0.6) is 0 Å². The Morgan fingerprint density at radius 3 is 2.00 bits per heavy atom. The average Bonchev–Trinajstić information content (AvgIpc) is 2.74. The molecule has 0 fully saturated rings. The van der Waals surface area contributed by atoms with Gasteiger partial charge in [-0.25, -0.2) is 4.79 Å². The van der Waals surface area contributed by atoms with Crippen molar-refractivity contribution in [1.82, 2.24) is 16.0 Å². The van der Waals surface area contributed by atoms with E-state index in [1.165, 1.54) is 6.92 Å². The van der Waals surface area contributed by atoms with Gasteiger partial charge in [0.1, 0.15) is 18.1 Å². The molecule has 0 aliphatic rings. The standard InChI is InChI=1S/C21H32N4O6/c1-4-12(2)17(25-18(27)13(3)22)20(29)23-15(10-14-8-6-5-7-9-14)19(28)24-16(11-26)21(30)31/h5-9,12-13,15-17,26H,4,10-11,22H2,1-3H3,(H,23,29)(H,24,28)(H,25,27)(H,30,31). The zero-order valence-corrected chi connectivity index (χ0v) is 18.0. The number of nitrogens with two attached hydrogens (primary N) is 1. The smallest absolute Gasteiger partial charge is 0.328 e. The average molecular weight is 437 g/mol. The zero-order valence-electron chi connectivity index (χ0n) is 18.0. The van der Waals surface area contributed by atoms with Crippen LogP contribution in [0.25, 0.3) is 0 Å². The molecule has 1 aromatic carbocycles. The summed E-state index contributed by atoms with van der Waals surface area (Å²) < 4.78 is 0. The van der Waals surface area contributed by atoms with Gasteiger partial charge in [-0.3, -0.25) is 14.4 Å². The lowest BCUT2D eigenvalue weighted by Crippen LogP contribution is -2.59. The lowest BCUT2D eigenvalue weighted by molar-refractivity contribution is -0.143. The van der Waals surface area contributed by atoms with Crippen LogP contribution in [-0.2, 0) is 25.6 Å². The summed E-state index contributed by atoms with van der Waals surface area (Å²) in [5.74, 6) is -3.50. The lowest BCUT2D eigenvalue weighted by Gasteiger charge is -2.27. The molecule has 31 heavy (non-hydrogen) atoms. The van der Waals surface area contributed by atoms with Crippen molar-refractivity contribution in [3.63, 3.8) is 0 Å². The molecule has 7 N–H and O–H groups in total. The molecule has 0 bridgehead atoms. The van der Waals surface area contributed by atoms with Crippen molar-refractivity contribution in [2.45, 2.75) is 57.8 Å². The highest BCUT2D eigenvalue weighted by molar-refractivity contribution is 5.94. The Hall–Kier alpha value is -2.98. The predicted octanol–water partition coefficient (Wildman–Crippen LogP) is -0.846. The molecule has 0 aromatic heterocycles. The number of aliphatic carboxylic acids is 1. The highest BCUT2D eigenvalue weighted by atomic mass is 16.4. The monoisotopic (exact) mass is 436 g/mol. The van der Waals surface area contributed by atoms with Crippen LogP contribution in [0.15, 0.2) is 30.3 Å².